The predicted molar refractivity (Wildman–Crippen MR) is 135 cm³/mol. The van der Waals surface area contributed by atoms with E-state index in [1.165, 1.54) is 46.0 Å². The molecule has 0 saturated heterocycles. The molecule has 1 heterocycles. The van der Waals surface area contributed by atoms with Gasteiger partial charge in [-0.1, -0.05) is 36.4 Å². The topological polar surface area (TPSA) is 100 Å². The Morgan fingerprint density at radius 1 is 1.06 bits per heavy atom. The van der Waals surface area contributed by atoms with Crippen molar-refractivity contribution in [2.45, 2.75) is 45.3 Å². The molecule has 9 heteroatoms. The second-order valence-electron chi connectivity index (χ2n) is 9.20. The summed E-state index contributed by atoms with van der Waals surface area (Å²) in [6, 6.07) is 17.6. The first-order valence-corrected chi connectivity index (χ1v) is 11.7. The Morgan fingerprint density at radius 2 is 1.72 bits per heavy atom. The Balaban J connectivity index is 1.81. The molecule has 3 aromatic carbocycles. The predicted octanol–water partition coefficient (Wildman–Crippen LogP) is 4.36. The molecule has 36 heavy (non-hydrogen) atoms. The van der Waals surface area contributed by atoms with Gasteiger partial charge in [0, 0.05) is 11.2 Å². The molecule has 0 saturated carbocycles. The van der Waals surface area contributed by atoms with E-state index < -0.39 is 29.2 Å². The van der Waals surface area contributed by atoms with Gasteiger partial charge in [-0.3, -0.25) is 14.5 Å². The van der Waals surface area contributed by atoms with Crippen LogP contribution in [0.3, 0.4) is 0 Å². The van der Waals surface area contributed by atoms with E-state index in [0.29, 0.717) is 28.7 Å². The van der Waals surface area contributed by atoms with Gasteiger partial charge in [-0.05, 0) is 74.4 Å². The van der Waals surface area contributed by atoms with Gasteiger partial charge in [0.1, 0.15) is 29.7 Å². The summed E-state index contributed by atoms with van der Waals surface area (Å²) in [5.41, 5.74) is 1.59. The normalized spacial score (nSPS) is 12.3. The monoisotopic (exact) mass is 489 g/mol. The fourth-order valence-corrected chi connectivity index (χ4v) is 3.84. The number of aromatic nitrogens is 3. The van der Waals surface area contributed by atoms with Crippen molar-refractivity contribution in [3.8, 4) is 5.75 Å². The average Bonchev–Trinajstić information content (AvgIpc) is 3.26. The Kier molecular flexibility index (Phi) is 7.00. The van der Waals surface area contributed by atoms with Crippen LogP contribution in [-0.2, 0) is 16.1 Å². The largest absolute Gasteiger partial charge is 0.508 e. The Morgan fingerprint density at radius 3 is 2.39 bits per heavy atom. The van der Waals surface area contributed by atoms with E-state index in [-0.39, 0.29) is 12.3 Å². The van der Waals surface area contributed by atoms with Crippen LogP contribution in [0.4, 0.5) is 10.1 Å². The van der Waals surface area contributed by atoms with Crippen molar-refractivity contribution in [3.05, 3.63) is 84.2 Å². The minimum absolute atomic E-state index is 0.0283. The van der Waals surface area contributed by atoms with Gasteiger partial charge < -0.3 is 10.4 Å². The highest BCUT2D eigenvalue weighted by Crippen LogP contribution is 2.30. The molecule has 8 nitrogen and oxygen atoms in total. The van der Waals surface area contributed by atoms with Gasteiger partial charge in [-0.2, -0.15) is 0 Å². The Bertz CT molecular complexity index is 1370. The lowest BCUT2D eigenvalue weighted by molar-refractivity contribution is -0.128. The number of carbonyl (C=O) groups excluding carboxylic acids is 2. The van der Waals surface area contributed by atoms with E-state index in [1.54, 1.807) is 24.3 Å². The van der Waals surface area contributed by atoms with Crippen LogP contribution in [0.25, 0.3) is 11.0 Å². The van der Waals surface area contributed by atoms with Crippen LogP contribution in [0.2, 0.25) is 0 Å². The van der Waals surface area contributed by atoms with E-state index in [4.69, 9.17) is 0 Å². The zero-order valence-electron chi connectivity index (χ0n) is 20.4. The summed E-state index contributed by atoms with van der Waals surface area (Å²) in [4.78, 5) is 28.9. The Labute approximate surface area is 208 Å². The van der Waals surface area contributed by atoms with Crippen molar-refractivity contribution in [2.75, 3.05) is 4.90 Å². The number of anilines is 1. The van der Waals surface area contributed by atoms with Gasteiger partial charge in [0.2, 0.25) is 11.8 Å². The molecule has 2 N–H and O–H groups in total. The number of carbonyl (C=O) groups is 2. The van der Waals surface area contributed by atoms with Crippen molar-refractivity contribution < 1.29 is 19.1 Å². The second kappa shape index (κ2) is 10.2. The number of aromatic hydroxyl groups is 1. The van der Waals surface area contributed by atoms with Crippen molar-refractivity contribution >= 4 is 28.5 Å². The molecule has 0 radical (unpaired) electrons. The number of hydrogen-bond acceptors (Lipinski definition) is 5. The number of phenolic OH excluding ortho intramolecular Hbond substituents is 1. The number of rotatable bonds is 8. The fourth-order valence-electron chi connectivity index (χ4n) is 3.84. The van der Waals surface area contributed by atoms with Crippen molar-refractivity contribution in [3.63, 3.8) is 0 Å². The molecule has 1 aromatic heterocycles. The Hall–Kier alpha value is -4.27. The summed E-state index contributed by atoms with van der Waals surface area (Å²) < 4.78 is 15.3. The summed E-state index contributed by atoms with van der Waals surface area (Å²) in [5.74, 6) is -1.29. The fraction of sp³-hybridized carbons (Fsp3) is 0.259. The van der Waals surface area contributed by atoms with Gasteiger partial charge in [0.25, 0.3) is 0 Å². The average molecular weight is 490 g/mol. The standard InChI is InChI=1S/C27H28FN5O3/c1-4-27(2,3)29-26(36)25(18-9-15-21(34)16-10-18)33(20-13-11-19(28)12-14-20)24(35)17-32-23-8-6-5-7-22(23)30-31-32/h5-16,25,34H,4,17H2,1-3H3,(H,29,36). The highest BCUT2D eigenvalue weighted by atomic mass is 19.1. The van der Waals surface area contributed by atoms with Gasteiger partial charge in [0.15, 0.2) is 0 Å². The van der Waals surface area contributed by atoms with E-state index in [0.717, 1.165) is 0 Å². The molecule has 0 aliphatic carbocycles. The lowest BCUT2D eigenvalue weighted by Crippen LogP contribution is -2.51. The van der Waals surface area contributed by atoms with E-state index in [1.807, 2.05) is 32.9 Å². The summed E-state index contributed by atoms with van der Waals surface area (Å²) >= 11 is 0. The van der Waals surface area contributed by atoms with Crippen molar-refractivity contribution in [2.24, 2.45) is 0 Å². The van der Waals surface area contributed by atoms with Crippen molar-refractivity contribution in [1.29, 1.82) is 0 Å². The molecule has 4 aromatic rings. The molecule has 2 amide bonds. The molecule has 1 atom stereocenters. The zero-order valence-corrected chi connectivity index (χ0v) is 20.4. The van der Waals surface area contributed by atoms with Crippen LogP contribution in [0.5, 0.6) is 5.75 Å². The van der Waals surface area contributed by atoms with E-state index in [9.17, 15) is 19.1 Å². The number of halogens is 1. The molecule has 0 bridgehead atoms. The van der Waals surface area contributed by atoms with Crippen LogP contribution < -0.4 is 10.2 Å². The molecule has 0 aliphatic rings. The highest BCUT2D eigenvalue weighted by Gasteiger charge is 2.35. The van der Waals surface area contributed by atoms with Gasteiger partial charge in [0.05, 0.1) is 5.52 Å². The maximum absolute atomic E-state index is 13.9. The van der Waals surface area contributed by atoms with E-state index >= 15 is 0 Å². The number of nitrogens with zero attached hydrogens (tertiary/aromatic N) is 4. The minimum Gasteiger partial charge on any atom is -0.508 e. The smallest absolute Gasteiger partial charge is 0.249 e. The van der Waals surface area contributed by atoms with Crippen LogP contribution in [0.15, 0.2) is 72.8 Å². The number of amides is 2. The number of para-hydroxylation sites is 1. The van der Waals surface area contributed by atoms with E-state index in [2.05, 4.69) is 15.6 Å². The molecule has 1 unspecified atom stereocenters. The number of fused-ring (bicyclic) bond motifs is 1. The second-order valence-corrected chi connectivity index (χ2v) is 9.20. The third-order valence-electron chi connectivity index (χ3n) is 6.14. The molecule has 186 valence electrons. The number of benzene rings is 3. The molecular formula is C27H28FN5O3. The van der Waals surface area contributed by atoms with Crippen molar-refractivity contribution in [1.82, 2.24) is 20.3 Å². The van der Waals surface area contributed by atoms with Crippen LogP contribution >= 0.6 is 0 Å². The first kappa shape index (κ1) is 24.8. The molecule has 4 rings (SSSR count). The summed E-state index contributed by atoms with van der Waals surface area (Å²) in [7, 11) is 0. The van der Waals surface area contributed by atoms with Crippen LogP contribution in [-0.4, -0.2) is 37.5 Å². The molecule has 0 aliphatic heterocycles. The van der Waals surface area contributed by atoms with Gasteiger partial charge >= 0.3 is 0 Å². The maximum atomic E-state index is 13.9. The summed E-state index contributed by atoms with van der Waals surface area (Å²) in [6.45, 7) is 5.54. The number of phenols is 1. The quantitative estimate of drug-likeness (QED) is 0.383. The molecule has 0 fully saturated rings. The maximum Gasteiger partial charge on any atom is 0.249 e. The SMILES string of the molecule is CCC(C)(C)NC(=O)C(c1ccc(O)cc1)N(C(=O)Cn1nnc2ccccc21)c1ccc(F)cc1. The third kappa shape index (κ3) is 5.35. The summed E-state index contributed by atoms with van der Waals surface area (Å²) in [5, 5.41) is 21.1. The first-order chi connectivity index (χ1) is 17.2. The number of nitrogens with one attached hydrogen (secondary N) is 1. The highest BCUT2D eigenvalue weighted by molar-refractivity contribution is 6.01. The lowest BCUT2D eigenvalue weighted by atomic mass is 9.98. The summed E-state index contributed by atoms with van der Waals surface area (Å²) in [6.07, 6.45) is 0.663. The molecular weight excluding hydrogens is 461 g/mol. The van der Waals surface area contributed by atoms with Crippen LogP contribution in [0.1, 0.15) is 38.8 Å². The minimum atomic E-state index is -1.09. The number of hydrogen-bond donors (Lipinski definition) is 2. The van der Waals surface area contributed by atoms with Gasteiger partial charge in [-0.15, -0.1) is 5.10 Å². The van der Waals surface area contributed by atoms with Crippen LogP contribution in [0, 0.1) is 5.82 Å². The first-order valence-electron chi connectivity index (χ1n) is 11.7. The third-order valence-corrected chi connectivity index (χ3v) is 6.14. The van der Waals surface area contributed by atoms with Gasteiger partial charge in [-0.25, -0.2) is 9.07 Å². The molecule has 0 spiro atoms. The zero-order chi connectivity index (χ0) is 25.9. The lowest BCUT2D eigenvalue weighted by Gasteiger charge is -2.34.